The third-order valence-electron chi connectivity index (χ3n) is 7.49. The number of piperidine rings is 1. The van der Waals surface area contributed by atoms with Gasteiger partial charge >= 0.3 is 0 Å². The van der Waals surface area contributed by atoms with Crippen LogP contribution in [0.25, 0.3) is 0 Å². The molecular formula is C24H38N4O. The average Bonchev–Trinajstić information content (AvgIpc) is 3.26. The lowest BCUT2D eigenvalue weighted by atomic mass is 9.87. The molecule has 3 heterocycles. The Labute approximate surface area is 176 Å². The second-order valence-electron chi connectivity index (χ2n) is 9.63. The van der Waals surface area contributed by atoms with E-state index in [1.54, 1.807) is 0 Å². The summed E-state index contributed by atoms with van der Waals surface area (Å²) in [5.41, 5.74) is 2.67. The summed E-state index contributed by atoms with van der Waals surface area (Å²) in [6.45, 7) is 11.8. The van der Waals surface area contributed by atoms with E-state index < -0.39 is 0 Å². The Morgan fingerprint density at radius 3 is 2.48 bits per heavy atom. The van der Waals surface area contributed by atoms with Crippen molar-refractivity contribution in [3.05, 3.63) is 35.4 Å². The van der Waals surface area contributed by atoms with Crippen LogP contribution in [0, 0.1) is 18.8 Å². The van der Waals surface area contributed by atoms with Crippen molar-refractivity contribution in [3.63, 3.8) is 0 Å². The molecule has 1 aromatic rings. The summed E-state index contributed by atoms with van der Waals surface area (Å²) >= 11 is 0. The Hall–Kier alpha value is -1.43. The zero-order chi connectivity index (χ0) is 20.5. The van der Waals surface area contributed by atoms with Gasteiger partial charge in [-0.3, -0.25) is 9.69 Å². The lowest BCUT2D eigenvalue weighted by molar-refractivity contribution is -0.133. The smallest absolute Gasteiger partial charge is 0.237 e. The third kappa shape index (κ3) is 4.23. The van der Waals surface area contributed by atoms with Crippen molar-refractivity contribution in [2.75, 3.05) is 59.9 Å². The molecule has 0 bridgehead atoms. The Morgan fingerprint density at radius 2 is 1.83 bits per heavy atom. The summed E-state index contributed by atoms with van der Waals surface area (Å²) in [6.07, 6.45) is 2.59. The van der Waals surface area contributed by atoms with Gasteiger partial charge < -0.3 is 14.7 Å². The summed E-state index contributed by atoms with van der Waals surface area (Å²) in [5, 5.41) is 0. The van der Waals surface area contributed by atoms with Crippen molar-refractivity contribution >= 4 is 5.91 Å². The van der Waals surface area contributed by atoms with Crippen LogP contribution in [0.1, 0.15) is 36.9 Å². The molecule has 3 atom stereocenters. The fraction of sp³-hybridized carbons (Fsp3) is 0.708. The number of likely N-dealkylation sites (N-methyl/N-ethyl adjacent to an activating group) is 1. The van der Waals surface area contributed by atoms with Crippen molar-refractivity contribution in [2.45, 2.75) is 38.8 Å². The number of nitrogens with zero attached hydrogens (tertiary/aromatic N) is 4. The molecule has 0 aliphatic carbocycles. The number of carbonyl (C=O) groups is 1. The predicted octanol–water partition coefficient (Wildman–Crippen LogP) is 2.47. The molecule has 1 amide bonds. The summed E-state index contributed by atoms with van der Waals surface area (Å²) in [4.78, 5) is 22.6. The van der Waals surface area contributed by atoms with Crippen molar-refractivity contribution in [1.82, 2.24) is 19.6 Å². The first-order valence-electron chi connectivity index (χ1n) is 11.4. The second-order valence-corrected chi connectivity index (χ2v) is 9.63. The van der Waals surface area contributed by atoms with Gasteiger partial charge in [-0.05, 0) is 70.5 Å². The molecule has 4 rings (SSSR count). The van der Waals surface area contributed by atoms with E-state index in [1.807, 2.05) is 19.0 Å². The maximum absolute atomic E-state index is 13.1. The minimum Gasteiger partial charge on any atom is -0.334 e. The number of amides is 1. The molecule has 3 saturated heterocycles. The third-order valence-corrected chi connectivity index (χ3v) is 7.49. The van der Waals surface area contributed by atoms with Crippen LogP contribution in [0.2, 0.25) is 0 Å². The number of hydrogen-bond acceptors (Lipinski definition) is 4. The Balaban J connectivity index is 1.53. The van der Waals surface area contributed by atoms with Crippen molar-refractivity contribution in [1.29, 1.82) is 0 Å². The molecule has 0 spiro atoms. The van der Waals surface area contributed by atoms with Gasteiger partial charge in [-0.25, -0.2) is 0 Å². The topological polar surface area (TPSA) is 30.0 Å². The van der Waals surface area contributed by atoms with Gasteiger partial charge in [0.15, 0.2) is 0 Å². The molecule has 0 aromatic heterocycles. The highest BCUT2D eigenvalue weighted by molar-refractivity contribution is 5.79. The molecule has 5 nitrogen and oxygen atoms in total. The first-order valence-corrected chi connectivity index (χ1v) is 11.4. The molecule has 0 N–H and O–H groups in total. The van der Waals surface area contributed by atoms with Crippen molar-refractivity contribution < 1.29 is 4.79 Å². The van der Waals surface area contributed by atoms with Gasteiger partial charge in [0.25, 0.3) is 0 Å². The number of carbonyl (C=O) groups excluding carboxylic acids is 1. The van der Waals surface area contributed by atoms with Gasteiger partial charge in [0.2, 0.25) is 5.91 Å². The Bertz CT molecular complexity index is 713. The average molecular weight is 399 g/mol. The molecule has 160 valence electrons. The van der Waals surface area contributed by atoms with Crippen molar-refractivity contribution in [2.24, 2.45) is 11.8 Å². The molecular weight excluding hydrogens is 360 g/mol. The molecule has 3 aliphatic heterocycles. The standard InChI is InChI=1S/C24H38N4O/c1-5-26-12-10-20(11-13-26)27-14-19-15-28(23(29)17-25(3)4)24(22(19)16-27)21-9-7-6-8-18(21)2/h6-9,19-20,22,24H,5,10-17H2,1-4H3/t19-,22-,24+/m1/s1. The summed E-state index contributed by atoms with van der Waals surface area (Å²) in [6, 6.07) is 9.66. The van der Waals surface area contributed by atoms with Gasteiger partial charge in [0, 0.05) is 31.6 Å². The molecule has 0 radical (unpaired) electrons. The van der Waals surface area contributed by atoms with E-state index in [9.17, 15) is 4.79 Å². The van der Waals surface area contributed by atoms with E-state index in [0.717, 1.165) is 25.7 Å². The highest BCUT2D eigenvalue weighted by atomic mass is 16.2. The quantitative estimate of drug-likeness (QED) is 0.762. The molecule has 0 unspecified atom stereocenters. The molecule has 3 aliphatic rings. The van der Waals surface area contributed by atoms with Gasteiger partial charge in [0.1, 0.15) is 0 Å². The van der Waals surface area contributed by atoms with Crippen LogP contribution < -0.4 is 0 Å². The van der Waals surface area contributed by atoms with E-state index >= 15 is 0 Å². The minimum absolute atomic E-state index is 0.231. The Kier molecular flexibility index (Phi) is 6.28. The molecule has 0 saturated carbocycles. The number of benzene rings is 1. The van der Waals surface area contributed by atoms with E-state index in [4.69, 9.17) is 0 Å². The first kappa shape index (κ1) is 20.8. The van der Waals surface area contributed by atoms with E-state index in [0.29, 0.717) is 18.4 Å². The maximum atomic E-state index is 13.1. The molecule has 3 fully saturated rings. The second kappa shape index (κ2) is 8.75. The van der Waals surface area contributed by atoms with Gasteiger partial charge in [-0.1, -0.05) is 31.2 Å². The fourth-order valence-electron chi connectivity index (χ4n) is 5.91. The number of rotatable bonds is 5. The Morgan fingerprint density at radius 1 is 1.10 bits per heavy atom. The van der Waals surface area contributed by atoms with Crippen LogP contribution in [-0.2, 0) is 4.79 Å². The zero-order valence-corrected chi connectivity index (χ0v) is 18.7. The zero-order valence-electron chi connectivity index (χ0n) is 18.7. The summed E-state index contributed by atoms with van der Waals surface area (Å²) in [7, 11) is 3.98. The fourth-order valence-corrected chi connectivity index (χ4v) is 5.91. The van der Waals surface area contributed by atoms with E-state index in [1.165, 1.54) is 43.6 Å². The molecule has 29 heavy (non-hydrogen) atoms. The minimum atomic E-state index is 0.231. The monoisotopic (exact) mass is 398 g/mol. The maximum Gasteiger partial charge on any atom is 0.237 e. The van der Waals surface area contributed by atoms with Crippen LogP contribution in [-0.4, -0.2) is 91.5 Å². The number of aryl methyl sites for hydroxylation is 1. The SMILES string of the molecule is CCN1CCC(N2C[C@@H]3CN(C(=O)CN(C)C)[C@@H](c4ccccc4C)[C@@H]3C2)CC1. The predicted molar refractivity (Wildman–Crippen MR) is 118 cm³/mol. The van der Waals surface area contributed by atoms with Crippen LogP contribution in [0.15, 0.2) is 24.3 Å². The van der Waals surface area contributed by atoms with Gasteiger partial charge in [0.05, 0.1) is 12.6 Å². The van der Waals surface area contributed by atoms with Gasteiger partial charge in [-0.2, -0.15) is 0 Å². The largest absolute Gasteiger partial charge is 0.334 e. The molecule has 1 aromatic carbocycles. The number of fused-ring (bicyclic) bond motifs is 1. The van der Waals surface area contributed by atoms with Crippen LogP contribution in [0.3, 0.4) is 0 Å². The van der Waals surface area contributed by atoms with Crippen LogP contribution in [0.4, 0.5) is 0 Å². The number of likely N-dealkylation sites (tertiary alicyclic amines) is 3. The van der Waals surface area contributed by atoms with E-state index in [-0.39, 0.29) is 11.9 Å². The lowest BCUT2D eigenvalue weighted by Gasteiger charge is -2.38. The summed E-state index contributed by atoms with van der Waals surface area (Å²) < 4.78 is 0. The molecule has 5 heteroatoms. The normalized spacial score (nSPS) is 29.0. The number of hydrogen-bond donors (Lipinski definition) is 0. The first-order chi connectivity index (χ1) is 14.0. The summed E-state index contributed by atoms with van der Waals surface area (Å²) in [5.74, 6) is 1.45. The lowest BCUT2D eigenvalue weighted by Crippen LogP contribution is -2.46. The van der Waals surface area contributed by atoms with Gasteiger partial charge in [-0.15, -0.1) is 0 Å². The van der Waals surface area contributed by atoms with Crippen molar-refractivity contribution in [3.8, 4) is 0 Å². The highest BCUT2D eigenvalue weighted by Crippen LogP contribution is 2.46. The van der Waals surface area contributed by atoms with Crippen LogP contribution in [0.5, 0.6) is 0 Å². The highest BCUT2D eigenvalue weighted by Gasteiger charge is 2.50. The van der Waals surface area contributed by atoms with E-state index in [2.05, 4.69) is 52.8 Å². The van der Waals surface area contributed by atoms with Crippen LogP contribution >= 0.6 is 0 Å².